The fourth-order valence-corrected chi connectivity index (χ4v) is 1.79. The van der Waals surface area contributed by atoms with Gasteiger partial charge in [-0.2, -0.15) is 0 Å². The van der Waals surface area contributed by atoms with Crippen molar-refractivity contribution in [2.75, 3.05) is 0 Å². The second-order valence-electron chi connectivity index (χ2n) is 2.84. The molecular formula is C9H4F2N2O2S. The summed E-state index contributed by atoms with van der Waals surface area (Å²) in [6, 6.07) is 2.97. The highest BCUT2D eigenvalue weighted by molar-refractivity contribution is 7.16. The first kappa shape index (κ1) is 10.6. The Labute approximate surface area is 92.2 Å². The monoisotopic (exact) mass is 242 g/mol. The molecule has 0 saturated heterocycles. The van der Waals surface area contributed by atoms with Crippen LogP contribution in [0.25, 0.3) is 10.6 Å². The molecule has 0 aliphatic rings. The van der Waals surface area contributed by atoms with Crippen molar-refractivity contribution in [3.63, 3.8) is 0 Å². The molecule has 0 bridgehead atoms. The van der Waals surface area contributed by atoms with Gasteiger partial charge in [0.15, 0.2) is 5.01 Å². The van der Waals surface area contributed by atoms with Crippen LogP contribution in [0.3, 0.4) is 0 Å². The Morgan fingerprint density at radius 1 is 1.31 bits per heavy atom. The van der Waals surface area contributed by atoms with Crippen LogP contribution in [-0.4, -0.2) is 21.3 Å². The molecule has 0 atom stereocenters. The van der Waals surface area contributed by atoms with Crippen molar-refractivity contribution in [2.45, 2.75) is 0 Å². The Balaban J connectivity index is 2.46. The molecule has 0 radical (unpaired) electrons. The summed E-state index contributed by atoms with van der Waals surface area (Å²) in [7, 11) is 0. The van der Waals surface area contributed by atoms with Crippen molar-refractivity contribution in [1.29, 1.82) is 0 Å². The summed E-state index contributed by atoms with van der Waals surface area (Å²) < 4.78 is 25.9. The van der Waals surface area contributed by atoms with E-state index in [9.17, 15) is 13.6 Å². The first-order valence-electron chi connectivity index (χ1n) is 4.10. The van der Waals surface area contributed by atoms with E-state index in [1.807, 2.05) is 0 Å². The average Bonchev–Trinajstić information content (AvgIpc) is 2.66. The fourth-order valence-electron chi connectivity index (χ4n) is 1.08. The largest absolute Gasteiger partial charge is 0.476 e. The van der Waals surface area contributed by atoms with Crippen LogP contribution < -0.4 is 0 Å². The van der Waals surface area contributed by atoms with Crippen molar-refractivity contribution in [2.24, 2.45) is 0 Å². The second-order valence-corrected chi connectivity index (χ2v) is 3.82. The molecule has 1 heterocycles. The number of halogens is 2. The standard InChI is InChI=1S/C9H4F2N2O2S/c10-4-1-2-5(6(11)3-4)7-12-13-8(16-7)9(14)15/h1-3H,(H,14,15). The molecule has 0 fully saturated rings. The van der Waals surface area contributed by atoms with Gasteiger partial charge in [0, 0.05) is 11.6 Å². The van der Waals surface area contributed by atoms with Gasteiger partial charge < -0.3 is 5.11 Å². The molecule has 0 spiro atoms. The van der Waals surface area contributed by atoms with E-state index in [0.717, 1.165) is 17.4 Å². The molecule has 2 rings (SSSR count). The van der Waals surface area contributed by atoms with E-state index in [1.165, 1.54) is 6.07 Å². The molecule has 1 aromatic heterocycles. The second kappa shape index (κ2) is 3.93. The lowest BCUT2D eigenvalue weighted by molar-refractivity contribution is 0.0695. The maximum Gasteiger partial charge on any atom is 0.367 e. The van der Waals surface area contributed by atoms with Crippen LogP contribution in [0.4, 0.5) is 8.78 Å². The molecule has 0 aliphatic carbocycles. The van der Waals surface area contributed by atoms with Gasteiger partial charge in [0.05, 0.1) is 0 Å². The number of aromatic nitrogens is 2. The van der Waals surface area contributed by atoms with Gasteiger partial charge >= 0.3 is 5.97 Å². The summed E-state index contributed by atoms with van der Waals surface area (Å²) >= 11 is 0.730. The highest BCUT2D eigenvalue weighted by atomic mass is 32.1. The van der Waals surface area contributed by atoms with Gasteiger partial charge in [0.2, 0.25) is 5.01 Å². The molecule has 0 saturated carbocycles. The van der Waals surface area contributed by atoms with Gasteiger partial charge in [0.25, 0.3) is 0 Å². The molecule has 0 aliphatic heterocycles. The number of rotatable bonds is 2. The Morgan fingerprint density at radius 2 is 2.06 bits per heavy atom. The average molecular weight is 242 g/mol. The molecule has 2 aromatic rings. The fraction of sp³-hybridized carbons (Fsp3) is 0. The highest BCUT2D eigenvalue weighted by Gasteiger charge is 2.15. The molecular weight excluding hydrogens is 238 g/mol. The summed E-state index contributed by atoms with van der Waals surface area (Å²) in [4.78, 5) is 10.5. The summed E-state index contributed by atoms with van der Waals surface area (Å²) in [5.41, 5.74) is 0.0337. The predicted molar refractivity (Wildman–Crippen MR) is 52.2 cm³/mol. The summed E-state index contributed by atoms with van der Waals surface area (Å²) in [5, 5.41) is 15.4. The summed E-state index contributed by atoms with van der Waals surface area (Å²) in [6.07, 6.45) is 0. The van der Waals surface area contributed by atoms with Gasteiger partial charge in [-0.05, 0) is 12.1 Å². The van der Waals surface area contributed by atoms with E-state index in [-0.39, 0.29) is 15.6 Å². The molecule has 4 nitrogen and oxygen atoms in total. The first-order valence-corrected chi connectivity index (χ1v) is 4.92. The van der Waals surface area contributed by atoms with Crippen LogP contribution in [0.1, 0.15) is 9.80 Å². The third-order valence-electron chi connectivity index (χ3n) is 1.77. The van der Waals surface area contributed by atoms with Crippen LogP contribution in [-0.2, 0) is 0 Å². The van der Waals surface area contributed by atoms with Crippen molar-refractivity contribution in [3.8, 4) is 10.6 Å². The lowest BCUT2D eigenvalue weighted by Gasteiger charge is -1.96. The lowest BCUT2D eigenvalue weighted by atomic mass is 10.2. The van der Waals surface area contributed by atoms with Gasteiger partial charge in [-0.15, -0.1) is 10.2 Å². The molecule has 0 unspecified atom stereocenters. The Kier molecular flexibility index (Phi) is 2.61. The molecule has 0 amide bonds. The van der Waals surface area contributed by atoms with Gasteiger partial charge in [-0.3, -0.25) is 0 Å². The van der Waals surface area contributed by atoms with Crippen LogP contribution in [0.2, 0.25) is 0 Å². The summed E-state index contributed by atoms with van der Waals surface area (Å²) in [5.74, 6) is -2.73. The minimum absolute atomic E-state index is 0.0337. The van der Waals surface area contributed by atoms with Gasteiger partial charge in [-0.25, -0.2) is 13.6 Å². The predicted octanol–water partition coefficient (Wildman–Crippen LogP) is 2.18. The third-order valence-corrected chi connectivity index (χ3v) is 2.71. The molecule has 7 heteroatoms. The van der Waals surface area contributed by atoms with Crippen molar-refractivity contribution in [1.82, 2.24) is 10.2 Å². The quantitative estimate of drug-likeness (QED) is 0.876. The van der Waals surface area contributed by atoms with Crippen LogP contribution >= 0.6 is 11.3 Å². The number of nitrogens with zero attached hydrogens (tertiary/aromatic N) is 2. The maximum atomic E-state index is 13.3. The number of hydrogen-bond acceptors (Lipinski definition) is 4. The summed E-state index contributed by atoms with van der Waals surface area (Å²) in [6.45, 7) is 0. The van der Waals surface area contributed by atoms with Gasteiger partial charge in [-0.1, -0.05) is 11.3 Å². The number of carboxylic acid groups (broad SMARTS) is 1. The Morgan fingerprint density at radius 3 is 2.62 bits per heavy atom. The van der Waals surface area contributed by atoms with Crippen LogP contribution in [0.5, 0.6) is 0 Å². The normalized spacial score (nSPS) is 10.4. The number of carboxylic acids is 1. The van der Waals surface area contributed by atoms with E-state index in [4.69, 9.17) is 5.11 Å². The molecule has 16 heavy (non-hydrogen) atoms. The molecule has 1 N–H and O–H groups in total. The first-order chi connectivity index (χ1) is 7.58. The topological polar surface area (TPSA) is 63.1 Å². The number of carbonyl (C=O) groups is 1. The zero-order valence-electron chi connectivity index (χ0n) is 7.65. The van der Waals surface area contributed by atoms with Gasteiger partial charge in [0.1, 0.15) is 11.6 Å². The number of hydrogen-bond donors (Lipinski definition) is 1. The van der Waals surface area contributed by atoms with E-state index in [1.54, 1.807) is 0 Å². The van der Waals surface area contributed by atoms with E-state index >= 15 is 0 Å². The van der Waals surface area contributed by atoms with E-state index in [0.29, 0.717) is 6.07 Å². The van der Waals surface area contributed by atoms with Crippen LogP contribution in [0, 0.1) is 11.6 Å². The van der Waals surface area contributed by atoms with Crippen molar-refractivity contribution in [3.05, 3.63) is 34.8 Å². The molecule has 82 valence electrons. The SMILES string of the molecule is O=C(O)c1nnc(-c2ccc(F)cc2F)s1. The van der Waals surface area contributed by atoms with Crippen molar-refractivity contribution < 1.29 is 18.7 Å². The minimum Gasteiger partial charge on any atom is -0.476 e. The number of aromatic carboxylic acids is 1. The smallest absolute Gasteiger partial charge is 0.367 e. The highest BCUT2D eigenvalue weighted by Crippen LogP contribution is 2.26. The lowest BCUT2D eigenvalue weighted by Crippen LogP contribution is -1.93. The maximum absolute atomic E-state index is 13.3. The minimum atomic E-state index is -1.23. The zero-order chi connectivity index (χ0) is 11.7. The van der Waals surface area contributed by atoms with Crippen molar-refractivity contribution >= 4 is 17.3 Å². The zero-order valence-corrected chi connectivity index (χ0v) is 8.46. The Hall–Kier alpha value is -1.89. The van der Waals surface area contributed by atoms with Crippen LogP contribution in [0.15, 0.2) is 18.2 Å². The Bertz CT molecular complexity index is 556. The van der Waals surface area contributed by atoms with E-state index in [2.05, 4.69) is 10.2 Å². The number of benzene rings is 1. The van der Waals surface area contributed by atoms with E-state index < -0.39 is 17.6 Å². The third kappa shape index (κ3) is 1.89. The molecule has 1 aromatic carbocycles.